The van der Waals surface area contributed by atoms with Crippen LogP contribution in [0.25, 0.3) is 0 Å². The maximum absolute atomic E-state index is 12.3. The zero-order chi connectivity index (χ0) is 19.9. The molecule has 28 heavy (non-hydrogen) atoms. The molecule has 0 aliphatic carbocycles. The van der Waals surface area contributed by atoms with Crippen LogP contribution in [0.3, 0.4) is 0 Å². The van der Waals surface area contributed by atoms with Gasteiger partial charge in [-0.15, -0.1) is 0 Å². The van der Waals surface area contributed by atoms with Gasteiger partial charge in [0.15, 0.2) is 5.69 Å². The molecule has 0 atom stereocenters. The van der Waals surface area contributed by atoms with Crippen LogP contribution >= 0.6 is 0 Å². The predicted octanol–water partition coefficient (Wildman–Crippen LogP) is 2.48. The van der Waals surface area contributed by atoms with E-state index in [0.29, 0.717) is 18.1 Å². The Kier molecular flexibility index (Phi) is 7.06. The number of oxazole rings is 1. The molecule has 0 radical (unpaired) electrons. The number of piperazine rings is 1. The zero-order valence-electron chi connectivity index (χ0n) is 17.1. The number of rotatable bonds is 8. The van der Waals surface area contributed by atoms with E-state index in [-0.39, 0.29) is 5.91 Å². The normalized spacial score (nSPS) is 15.5. The van der Waals surface area contributed by atoms with Crippen molar-refractivity contribution in [3.05, 3.63) is 47.7 Å². The molecule has 1 aliphatic rings. The summed E-state index contributed by atoms with van der Waals surface area (Å²) in [6.07, 6.45) is 2.40. The van der Waals surface area contributed by atoms with E-state index in [4.69, 9.17) is 9.15 Å². The number of hydrogen-bond donors (Lipinski definition) is 0. The summed E-state index contributed by atoms with van der Waals surface area (Å²) in [6, 6.07) is 8.23. The fourth-order valence-electron chi connectivity index (χ4n) is 3.44. The Morgan fingerprint density at radius 3 is 2.61 bits per heavy atom. The van der Waals surface area contributed by atoms with Gasteiger partial charge in [-0.25, -0.2) is 4.98 Å². The van der Waals surface area contributed by atoms with E-state index in [9.17, 15) is 4.79 Å². The second-order valence-electron chi connectivity index (χ2n) is 7.26. The summed E-state index contributed by atoms with van der Waals surface area (Å²) in [5.41, 5.74) is 1.66. The monoisotopic (exact) mass is 386 g/mol. The number of hydrogen-bond acceptors (Lipinski definition) is 6. The fraction of sp³-hybridized carbons (Fsp3) is 0.524. The molecule has 3 rings (SSSR count). The molecular formula is C21H30N4O3. The summed E-state index contributed by atoms with van der Waals surface area (Å²) < 4.78 is 10.8. The molecule has 2 aromatic rings. The van der Waals surface area contributed by atoms with Crippen molar-refractivity contribution < 1.29 is 13.9 Å². The van der Waals surface area contributed by atoms with Gasteiger partial charge in [-0.05, 0) is 24.1 Å². The van der Waals surface area contributed by atoms with Crippen molar-refractivity contribution >= 4 is 5.91 Å². The standard InChI is InChI=1S/C21H30N4O3/c1-4-8-23(2)21(26)19-16-28-20(22-19)15-25-11-9-24(10-12-25)14-17-6-5-7-18(13-17)27-3/h5-7,13,16H,4,8-12,14-15H2,1-3H3. The van der Waals surface area contributed by atoms with Crippen molar-refractivity contribution in [1.29, 1.82) is 0 Å². The van der Waals surface area contributed by atoms with Gasteiger partial charge < -0.3 is 14.1 Å². The molecule has 152 valence electrons. The van der Waals surface area contributed by atoms with E-state index in [1.807, 2.05) is 19.1 Å². The summed E-state index contributed by atoms with van der Waals surface area (Å²) in [6.45, 7) is 8.20. The van der Waals surface area contributed by atoms with Crippen LogP contribution in [0.4, 0.5) is 0 Å². The third kappa shape index (κ3) is 5.33. The van der Waals surface area contributed by atoms with Crippen LogP contribution in [-0.2, 0) is 13.1 Å². The van der Waals surface area contributed by atoms with Crippen LogP contribution in [0.2, 0.25) is 0 Å². The molecule has 0 spiro atoms. The van der Waals surface area contributed by atoms with E-state index in [2.05, 4.69) is 26.9 Å². The van der Waals surface area contributed by atoms with E-state index < -0.39 is 0 Å². The molecule has 7 heteroatoms. The summed E-state index contributed by atoms with van der Waals surface area (Å²) in [4.78, 5) is 23.1. The highest BCUT2D eigenvalue weighted by Crippen LogP contribution is 2.16. The minimum Gasteiger partial charge on any atom is -0.497 e. The lowest BCUT2D eigenvalue weighted by Crippen LogP contribution is -2.45. The molecule has 1 aromatic heterocycles. The van der Waals surface area contributed by atoms with E-state index in [0.717, 1.165) is 51.4 Å². The first-order valence-corrected chi connectivity index (χ1v) is 9.86. The molecule has 0 bridgehead atoms. The van der Waals surface area contributed by atoms with Crippen molar-refractivity contribution in [3.63, 3.8) is 0 Å². The number of aromatic nitrogens is 1. The number of methoxy groups -OCH3 is 1. The van der Waals surface area contributed by atoms with Crippen molar-refractivity contribution in [2.24, 2.45) is 0 Å². The van der Waals surface area contributed by atoms with Gasteiger partial charge in [-0.3, -0.25) is 14.6 Å². The van der Waals surface area contributed by atoms with Crippen LogP contribution in [-0.4, -0.2) is 72.5 Å². The third-order valence-electron chi connectivity index (χ3n) is 5.04. The Bertz CT molecular complexity index is 769. The van der Waals surface area contributed by atoms with Gasteiger partial charge in [0.05, 0.1) is 13.7 Å². The quantitative estimate of drug-likeness (QED) is 0.695. The predicted molar refractivity (Wildman–Crippen MR) is 107 cm³/mol. The van der Waals surface area contributed by atoms with E-state index >= 15 is 0 Å². The molecule has 2 heterocycles. The van der Waals surface area contributed by atoms with Gasteiger partial charge >= 0.3 is 0 Å². The molecule has 7 nitrogen and oxygen atoms in total. The molecule has 0 saturated carbocycles. The van der Waals surface area contributed by atoms with Gasteiger partial charge in [0.2, 0.25) is 5.89 Å². The zero-order valence-corrected chi connectivity index (χ0v) is 17.1. The van der Waals surface area contributed by atoms with Crippen LogP contribution in [0.1, 0.15) is 35.3 Å². The number of nitrogens with zero attached hydrogens (tertiary/aromatic N) is 4. The van der Waals surface area contributed by atoms with Crippen molar-refractivity contribution in [2.75, 3.05) is 46.9 Å². The summed E-state index contributed by atoms with van der Waals surface area (Å²) >= 11 is 0. The molecule has 0 unspecified atom stereocenters. The first-order chi connectivity index (χ1) is 13.6. The smallest absolute Gasteiger partial charge is 0.275 e. The second-order valence-corrected chi connectivity index (χ2v) is 7.26. The van der Waals surface area contributed by atoms with Crippen molar-refractivity contribution in [2.45, 2.75) is 26.4 Å². The van der Waals surface area contributed by atoms with E-state index in [1.165, 1.54) is 11.8 Å². The average molecular weight is 386 g/mol. The minimum atomic E-state index is -0.0834. The molecule has 1 aliphatic heterocycles. The van der Waals surface area contributed by atoms with Crippen LogP contribution in [0.5, 0.6) is 5.75 Å². The number of benzene rings is 1. The summed E-state index contributed by atoms with van der Waals surface area (Å²) in [5, 5.41) is 0. The maximum Gasteiger partial charge on any atom is 0.275 e. The third-order valence-corrected chi connectivity index (χ3v) is 5.04. The Labute approximate surface area is 166 Å². The second kappa shape index (κ2) is 9.71. The molecule has 0 N–H and O–H groups in total. The molecular weight excluding hydrogens is 356 g/mol. The Balaban J connectivity index is 1.47. The highest BCUT2D eigenvalue weighted by molar-refractivity contribution is 5.91. The Morgan fingerprint density at radius 2 is 1.93 bits per heavy atom. The number of carbonyl (C=O) groups is 1. The molecule has 1 amide bonds. The van der Waals surface area contributed by atoms with Crippen LogP contribution < -0.4 is 4.74 Å². The summed E-state index contributed by atoms with van der Waals surface area (Å²) in [7, 11) is 3.49. The van der Waals surface area contributed by atoms with Crippen LogP contribution in [0, 0.1) is 0 Å². The lowest BCUT2D eigenvalue weighted by molar-refractivity contribution is 0.0789. The largest absolute Gasteiger partial charge is 0.497 e. The first-order valence-electron chi connectivity index (χ1n) is 9.86. The van der Waals surface area contributed by atoms with Gasteiger partial charge in [0, 0.05) is 46.3 Å². The molecule has 1 saturated heterocycles. The van der Waals surface area contributed by atoms with Gasteiger partial charge in [0.1, 0.15) is 12.0 Å². The lowest BCUT2D eigenvalue weighted by Gasteiger charge is -2.34. The average Bonchev–Trinajstić information content (AvgIpc) is 3.17. The minimum absolute atomic E-state index is 0.0834. The van der Waals surface area contributed by atoms with Crippen molar-refractivity contribution in [3.8, 4) is 5.75 Å². The fourth-order valence-corrected chi connectivity index (χ4v) is 3.44. The van der Waals surface area contributed by atoms with Crippen molar-refractivity contribution in [1.82, 2.24) is 19.7 Å². The van der Waals surface area contributed by atoms with E-state index in [1.54, 1.807) is 19.1 Å². The molecule has 1 fully saturated rings. The SMILES string of the molecule is CCCN(C)C(=O)c1coc(CN2CCN(Cc3cccc(OC)c3)CC2)n1. The highest BCUT2D eigenvalue weighted by Gasteiger charge is 2.21. The molecule has 1 aromatic carbocycles. The number of ether oxygens (including phenoxy) is 1. The number of amides is 1. The Hall–Kier alpha value is -2.38. The van der Waals surface area contributed by atoms with Gasteiger partial charge in [0.25, 0.3) is 5.91 Å². The highest BCUT2D eigenvalue weighted by atomic mass is 16.5. The van der Waals surface area contributed by atoms with Crippen LogP contribution in [0.15, 0.2) is 34.9 Å². The first kappa shape index (κ1) is 20.4. The van der Waals surface area contributed by atoms with Gasteiger partial charge in [-0.1, -0.05) is 19.1 Å². The maximum atomic E-state index is 12.3. The number of carbonyl (C=O) groups excluding carboxylic acids is 1. The lowest BCUT2D eigenvalue weighted by atomic mass is 10.2. The topological polar surface area (TPSA) is 62.1 Å². The summed E-state index contributed by atoms with van der Waals surface area (Å²) in [5.74, 6) is 1.42. The Morgan fingerprint density at radius 1 is 1.21 bits per heavy atom. The van der Waals surface area contributed by atoms with Gasteiger partial charge in [-0.2, -0.15) is 0 Å².